The second-order valence-electron chi connectivity index (χ2n) is 6.90. The monoisotopic (exact) mass is 517 g/mol. The predicted molar refractivity (Wildman–Crippen MR) is 126 cm³/mol. The number of guanidine groups is 1. The summed E-state index contributed by atoms with van der Waals surface area (Å²) in [5.41, 5.74) is 0. The Morgan fingerprint density at radius 3 is 2.75 bits per heavy atom. The summed E-state index contributed by atoms with van der Waals surface area (Å²) in [5.74, 6) is 2.78. The van der Waals surface area contributed by atoms with Gasteiger partial charge in [0.2, 0.25) is 0 Å². The van der Waals surface area contributed by atoms with Crippen molar-refractivity contribution in [1.29, 1.82) is 0 Å². The average Bonchev–Trinajstić information content (AvgIpc) is 3.41. The van der Waals surface area contributed by atoms with E-state index in [0.29, 0.717) is 12.6 Å². The molecule has 1 aliphatic rings. The molecular weight excluding hydrogens is 485 g/mol. The topological polar surface area (TPSA) is 61.6 Å². The number of nitrogens with one attached hydrogen (secondary N) is 1. The van der Waals surface area contributed by atoms with Crippen molar-refractivity contribution in [3.63, 3.8) is 0 Å². The molecule has 0 saturated carbocycles. The van der Waals surface area contributed by atoms with E-state index in [-0.39, 0.29) is 24.0 Å². The van der Waals surface area contributed by atoms with Gasteiger partial charge in [0, 0.05) is 31.1 Å². The number of thiophene rings is 1. The molecule has 0 spiro atoms. The summed E-state index contributed by atoms with van der Waals surface area (Å²) < 4.78 is 2.00. The lowest BCUT2D eigenvalue weighted by molar-refractivity contribution is 0.223. The molecular formula is C19H32IN7S. The lowest BCUT2D eigenvalue weighted by Gasteiger charge is -2.27. The Balaban J connectivity index is 0.00000280. The van der Waals surface area contributed by atoms with E-state index < -0.39 is 0 Å². The maximum absolute atomic E-state index is 4.89. The number of hydrogen-bond acceptors (Lipinski definition) is 5. The summed E-state index contributed by atoms with van der Waals surface area (Å²) in [6.45, 7) is 12.1. The molecule has 1 unspecified atom stereocenters. The molecule has 1 aliphatic heterocycles. The number of likely N-dealkylation sites (tertiary alicyclic amines) is 1. The molecule has 3 rings (SSSR count). The highest BCUT2D eigenvalue weighted by atomic mass is 127. The first-order chi connectivity index (χ1) is 13.1. The standard InChI is InChI=1S/C19H31N7S.HI/c1-5-25(6-2)16-9-10-26(14-16)19(20-12-17-8-7-11-27-17)21-13-18-23-22-15(3)24(18)4;/h7-8,11,16H,5-6,9-10,12-14H2,1-4H3,(H,20,21);1H. The van der Waals surface area contributed by atoms with E-state index in [1.165, 1.54) is 11.3 Å². The quantitative estimate of drug-likeness (QED) is 0.348. The Hall–Kier alpha value is -1.20. The van der Waals surface area contributed by atoms with Gasteiger partial charge in [-0.15, -0.1) is 45.5 Å². The van der Waals surface area contributed by atoms with E-state index in [0.717, 1.165) is 50.3 Å². The summed E-state index contributed by atoms with van der Waals surface area (Å²) in [6.07, 6.45) is 1.18. The van der Waals surface area contributed by atoms with E-state index in [4.69, 9.17) is 4.99 Å². The zero-order valence-corrected chi connectivity index (χ0v) is 20.4. The minimum atomic E-state index is 0. The van der Waals surface area contributed by atoms with Gasteiger partial charge in [-0.25, -0.2) is 4.99 Å². The van der Waals surface area contributed by atoms with Gasteiger partial charge in [-0.1, -0.05) is 19.9 Å². The third kappa shape index (κ3) is 5.66. The minimum Gasteiger partial charge on any atom is -0.351 e. The highest BCUT2D eigenvalue weighted by molar-refractivity contribution is 14.0. The first-order valence-corrected chi connectivity index (χ1v) is 10.6. The number of nitrogens with zero attached hydrogens (tertiary/aromatic N) is 6. The largest absolute Gasteiger partial charge is 0.351 e. The Labute approximate surface area is 189 Å². The van der Waals surface area contributed by atoms with Gasteiger partial charge in [-0.2, -0.15) is 0 Å². The van der Waals surface area contributed by atoms with Crippen molar-refractivity contribution in [2.24, 2.45) is 12.0 Å². The van der Waals surface area contributed by atoms with Gasteiger partial charge in [-0.05, 0) is 37.9 Å². The molecule has 0 aliphatic carbocycles. The Kier molecular flexibility index (Phi) is 9.16. The highest BCUT2D eigenvalue weighted by Gasteiger charge is 2.28. The van der Waals surface area contributed by atoms with E-state index >= 15 is 0 Å². The van der Waals surface area contributed by atoms with Gasteiger partial charge in [0.15, 0.2) is 11.8 Å². The fraction of sp³-hybridized carbons (Fsp3) is 0.632. The fourth-order valence-electron chi connectivity index (χ4n) is 3.55. The van der Waals surface area contributed by atoms with Gasteiger partial charge < -0.3 is 14.8 Å². The molecule has 1 saturated heterocycles. The third-order valence-corrected chi connectivity index (χ3v) is 6.22. The molecule has 156 valence electrons. The van der Waals surface area contributed by atoms with Crippen LogP contribution in [0.15, 0.2) is 22.5 Å². The first-order valence-electron chi connectivity index (χ1n) is 9.76. The lowest BCUT2D eigenvalue weighted by atomic mass is 10.2. The van der Waals surface area contributed by atoms with Crippen molar-refractivity contribution >= 4 is 41.3 Å². The van der Waals surface area contributed by atoms with Crippen LogP contribution < -0.4 is 5.32 Å². The SMILES string of the molecule is CCN(CC)C1CCN(C(=NCc2nnc(C)n2C)NCc2cccs2)C1.I. The molecule has 0 bridgehead atoms. The van der Waals surface area contributed by atoms with E-state index in [2.05, 4.69) is 56.7 Å². The number of hydrogen-bond donors (Lipinski definition) is 1. The Morgan fingerprint density at radius 2 is 2.14 bits per heavy atom. The maximum atomic E-state index is 4.89. The van der Waals surface area contributed by atoms with Gasteiger partial charge >= 0.3 is 0 Å². The summed E-state index contributed by atoms with van der Waals surface area (Å²) in [6, 6.07) is 4.85. The molecule has 2 aromatic rings. The maximum Gasteiger partial charge on any atom is 0.194 e. The van der Waals surface area contributed by atoms with Crippen molar-refractivity contribution in [3.8, 4) is 0 Å². The van der Waals surface area contributed by atoms with Gasteiger partial charge in [0.05, 0.1) is 6.54 Å². The summed E-state index contributed by atoms with van der Waals surface area (Å²) in [5, 5.41) is 14.1. The Morgan fingerprint density at radius 1 is 1.36 bits per heavy atom. The van der Waals surface area contributed by atoms with Crippen LogP contribution in [0.2, 0.25) is 0 Å². The van der Waals surface area contributed by atoms with E-state index in [1.54, 1.807) is 11.3 Å². The van der Waals surface area contributed by atoms with Gasteiger partial charge in [-0.3, -0.25) is 4.90 Å². The van der Waals surface area contributed by atoms with Gasteiger partial charge in [0.1, 0.15) is 12.4 Å². The predicted octanol–water partition coefficient (Wildman–Crippen LogP) is 2.86. The molecule has 28 heavy (non-hydrogen) atoms. The molecule has 3 heterocycles. The Bertz CT molecular complexity index is 740. The van der Waals surface area contributed by atoms with Crippen LogP contribution in [-0.2, 0) is 20.1 Å². The van der Waals surface area contributed by atoms with Crippen molar-refractivity contribution < 1.29 is 0 Å². The molecule has 9 heteroatoms. The van der Waals surface area contributed by atoms with Crippen LogP contribution in [0.3, 0.4) is 0 Å². The minimum absolute atomic E-state index is 0. The number of aliphatic imine (C=N–C) groups is 1. The number of likely N-dealkylation sites (N-methyl/N-ethyl adjacent to an activating group) is 1. The molecule has 0 aromatic carbocycles. The summed E-state index contributed by atoms with van der Waals surface area (Å²) in [4.78, 5) is 11.1. The smallest absolute Gasteiger partial charge is 0.194 e. The van der Waals surface area contributed by atoms with Crippen LogP contribution in [0.4, 0.5) is 0 Å². The van der Waals surface area contributed by atoms with Crippen molar-refractivity contribution in [1.82, 2.24) is 29.9 Å². The van der Waals surface area contributed by atoms with Crippen LogP contribution in [0.1, 0.15) is 36.8 Å². The van der Waals surface area contributed by atoms with Gasteiger partial charge in [0.25, 0.3) is 0 Å². The summed E-state index contributed by atoms with van der Waals surface area (Å²) in [7, 11) is 1.99. The number of aryl methyl sites for hydroxylation is 1. The van der Waals surface area contributed by atoms with Crippen LogP contribution in [0.25, 0.3) is 0 Å². The lowest BCUT2D eigenvalue weighted by Crippen LogP contribution is -2.43. The van der Waals surface area contributed by atoms with E-state index in [9.17, 15) is 0 Å². The second kappa shape index (κ2) is 11.1. The molecule has 0 radical (unpaired) electrons. The highest BCUT2D eigenvalue weighted by Crippen LogP contribution is 2.16. The summed E-state index contributed by atoms with van der Waals surface area (Å²) >= 11 is 1.77. The van der Waals surface area contributed by atoms with Crippen molar-refractivity contribution in [2.75, 3.05) is 26.2 Å². The zero-order valence-electron chi connectivity index (χ0n) is 17.3. The molecule has 1 N–H and O–H groups in total. The molecule has 2 aromatic heterocycles. The molecule has 7 nitrogen and oxygen atoms in total. The third-order valence-electron chi connectivity index (χ3n) is 5.35. The van der Waals surface area contributed by atoms with Crippen molar-refractivity contribution in [3.05, 3.63) is 34.0 Å². The second-order valence-corrected chi connectivity index (χ2v) is 7.94. The number of rotatable bonds is 7. The van der Waals surface area contributed by atoms with Crippen LogP contribution in [-0.4, -0.2) is 62.7 Å². The molecule has 1 atom stereocenters. The van der Waals surface area contributed by atoms with Crippen LogP contribution in [0.5, 0.6) is 0 Å². The zero-order chi connectivity index (χ0) is 19.2. The van der Waals surface area contributed by atoms with E-state index in [1.807, 2.05) is 18.5 Å². The average molecular weight is 517 g/mol. The van der Waals surface area contributed by atoms with Crippen LogP contribution >= 0.6 is 35.3 Å². The first kappa shape index (κ1) is 23.1. The molecule has 1 fully saturated rings. The number of aromatic nitrogens is 3. The van der Waals surface area contributed by atoms with Crippen LogP contribution in [0, 0.1) is 6.92 Å². The normalized spacial score (nSPS) is 17.2. The number of halogens is 1. The van der Waals surface area contributed by atoms with Crippen molar-refractivity contribution in [2.45, 2.75) is 46.3 Å². The molecule has 0 amide bonds. The fourth-order valence-corrected chi connectivity index (χ4v) is 4.20.